The van der Waals surface area contributed by atoms with Gasteiger partial charge in [0.05, 0.1) is 5.69 Å². The van der Waals surface area contributed by atoms with Crippen LogP contribution in [0.2, 0.25) is 0 Å². The average molecular weight is 333 g/mol. The fraction of sp³-hybridized carbons (Fsp3) is 0.238. The molecule has 4 heteroatoms. The van der Waals surface area contributed by atoms with Crippen LogP contribution in [0.1, 0.15) is 23.4 Å². The van der Waals surface area contributed by atoms with Gasteiger partial charge in [-0.15, -0.1) is 0 Å². The average Bonchev–Trinajstić information content (AvgIpc) is 2.86. The Balaban J connectivity index is 1.72. The van der Waals surface area contributed by atoms with Crippen LogP contribution in [0.5, 0.6) is 0 Å². The van der Waals surface area contributed by atoms with E-state index in [1.54, 1.807) is 0 Å². The third-order valence-corrected chi connectivity index (χ3v) is 4.55. The molecule has 1 amide bonds. The highest BCUT2D eigenvalue weighted by molar-refractivity contribution is 5.95. The maximum Gasteiger partial charge on any atom is 0.224 e. The van der Waals surface area contributed by atoms with Crippen molar-refractivity contribution >= 4 is 11.6 Å². The highest BCUT2D eigenvalue weighted by Gasteiger charge is 2.12. The van der Waals surface area contributed by atoms with Crippen LogP contribution in [0.25, 0.3) is 11.1 Å². The van der Waals surface area contributed by atoms with Gasteiger partial charge in [0.25, 0.3) is 0 Å². The zero-order valence-electron chi connectivity index (χ0n) is 14.9. The van der Waals surface area contributed by atoms with E-state index in [9.17, 15) is 4.79 Å². The van der Waals surface area contributed by atoms with E-state index in [2.05, 4.69) is 10.4 Å². The number of para-hydroxylation sites is 1. The number of nitrogens with one attached hydrogen (secondary N) is 1. The number of aromatic nitrogens is 2. The predicted octanol–water partition coefficient (Wildman–Crippen LogP) is 4.28. The first-order chi connectivity index (χ1) is 12.1. The first-order valence-corrected chi connectivity index (χ1v) is 8.49. The van der Waals surface area contributed by atoms with E-state index in [0.717, 1.165) is 33.8 Å². The number of carbonyl (C=O) groups is 1. The summed E-state index contributed by atoms with van der Waals surface area (Å²) >= 11 is 0. The van der Waals surface area contributed by atoms with Crippen LogP contribution in [-0.4, -0.2) is 15.7 Å². The minimum Gasteiger partial charge on any atom is -0.326 e. The second-order valence-corrected chi connectivity index (χ2v) is 6.23. The zero-order valence-corrected chi connectivity index (χ0v) is 14.9. The number of aryl methyl sites for hydroxylation is 2. The Hall–Kier alpha value is -2.88. The summed E-state index contributed by atoms with van der Waals surface area (Å²) in [5.41, 5.74) is 6.25. The van der Waals surface area contributed by atoms with Crippen molar-refractivity contribution in [2.24, 2.45) is 7.05 Å². The Bertz CT molecular complexity index is 881. The molecule has 0 atom stereocenters. The van der Waals surface area contributed by atoms with Gasteiger partial charge in [-0.1, -0.05) is 48.5 Å². The molecule has 1 N–H and O–H groups in total. The SMILES string of the molecule is Cc1nn(C)c(C)c1CCC(=O)Nc1ccccc1-c1ccccc1. The Morgan fingerprint density at radius 1 is 1.04 bits per heavy atom. The molecule has 4 nitrogen and oxygen atoms in total. The summed E-state index contributed by atoms with van der Waals surface area (Å²) in [5, 5.41) is 7.47. The van der Waals surface area contributed by atoms with Crippen LogP contribution in [-0.2, 0) is 18.3 Å². The molecule has 0 unspecified atom stereocenters. The summed E-state index contributed by atoms with van der Waals surface area (Å²) in [6, 6.07) is 18.0. The molecule has 25 heavy (non-hydrogen) atoms. The number of rotatable bonds is 5. The van der Waals surface area contributed by atoms with Crippen molar-refractivity contribution in [1.29, 1.82) is 0 Å². The quantitative estimate of drug-likeness (QED) is 0.758. The van der Waals surface area contributed by atoms with Crippen molar-refractivity contribution in [2.75, 3.05) is 5.32 Å². The third-order valence-electron chi connectivity index (χ3n) is 4.55. The van der Waals surface area contributed by atoms with Crippen molar-refractivity contribution in [3.63, 3.8) is 0 Å². The molecular weight excluding hydrogens is 310 g/mol. The minimum absolute atomic E-state index is 0.0195. The maximum absolute atomic E-state index is 12.5. The topological polar surface area (TPSA) is 46.9 Å². The largest absolute Gasteiger partial charge is 0.326 e. The molecule has 0 aliphatic rings. The minimum atomic E-state index is 0.0195. The number of amides is 1. The molecule has 0 fully saturated rings. The Morgan fingerprint density at radius 2 is 1.72 bits per heavy atom. The lowest BCUT2D eigenvalue weighted by atomic mass is 10.0. The van der Waals surface area contributed by atoms with Crippen molar-refractivity contribution in [2.45, 2.75) is 26.7 Å². The van der Waals surface area contributed by atoms with Crippen LogP contribution >= 0.6 is 0 Å². The summed E-state index contributed by atoms with van der Waals surface area (Å²) in [6.45, 7) is 4.03. The molecule has 1 heterocycles. The number of hydrogen-bond donors (Lipinski definition) is 1. The molecule has 0 bridgehead atoms. The van der Waals surface area contributed by atoms with Gasteiger partial charge >= 0.3 is 0 Å². The Labute approximate surface area is 148 Å². The van der Waals surface area contributed by atoms with Gasteiger partial charge in [-0.25, -0.2) is 0 Å². The molecule has 0 spiro atoms. The summed E-state index contributed by atoms with van der Waals surface area (Å²) in [4.78, 5) is 12.5. The monoisotopic (exact) mass is 333 g/mol. The molecule has 2 aromatic carbocycles. The third kappa shape index (κ3) is 3.79. The smallest absolute Gasteiger partial charge is 0.224 e. The van der Waals surface area contributed by atoms with Gasteiger partial charge in [-0.3, -0.25) is 9.48 Å². The fourth-order valence-corrected chi connectivity index (χ4v) is 3.09. The molecule has 3 aromatic rings. The van der Waals surface area contributed by atoms with Crippen LogP contribution in [0.4, 0.5) is 5.69 Å². The van der Waals surface area contributed by atoms with E-state index < -0.39 is 0 Å². The number of nitrogens with zero attached hydrogens (tertiary/aromatic N) is 2. The number of carbonyl (C=O) groups excluding carboxylic acids is 1. The van der Waals surface area contributed by atoms with Gasteiger partial charge < -0.3 is 5.32 Å². The van der Waals surface area contributed by atoms with E-state index >= 15 is 0 Å². The van der Waals surface area contributed by atoms with Crippen molar-refractivity contribution < 1.29 is 4.79 Å². The standard InChI is InChI=1S/C21H23N3O/c1-15-18(16(2)24(3)23-15)13-14-21(25)22-20-12-8-7-11-19(20)17-9-5-4-6-10-17/h4-12H,13-14H2,1-3H3,(H,22,25). The van der Waals surface area contributed by atoms with Crippen LogP contribution in [0.3, 0.4) is 0 Å². The predicted molar refractivity (Wildman–Crippen MR) is 102 cm³/mol. The van der Waals surface area contributed by atoms with Gasteiger partial charge in [0.1, 0.15) is 0 Å². The van der Waals surface area contributed by atoms with Crippen LogP contribution in [0, 0.1) is 13.8 Å². The highest BCUT2D eigenvalue weighted by Crippen LogP contribution is 2.27. The lowest BCUT2D eigenvalue weighted by Crippen LogP contribution is -2.13. The first kappa shape index (κ1) is 17.0. The summed E-state index contributed by atoms with van der Waals surface area (Å²) in [7, 11) is 1.93. The second kappa shape index (κ2) is 7.34. The molecule has 0 radical (unpaired) electrons. The van der Waals surface area contributed by atoms with Crippen molar-refractivity contribution in [1.82, 2.24) is 9.78 Å². The zero-order chi connectivity index (χ0) is 17.8. The van der Waals surface area contributed by atoms with Gasteiger partial charge in [-0.2, -0.15) is 5.10 Å². The van der Waals surface area contributed by atoms with Gasteiger partial charge in [0.15, 0.2) is 0 Å². The molecule has 0 aliphatic heterocycles. The lowest BCUT2D eigenvalue weighted by molar-refractivity contribution is -0.116. The normalized spacial score (nSPS) is 10.7. The summed E-state index contributed by atoms with van der Waals surface area (Å²) < 4.78 is 1.87. The fourth-order valence-electron chi connectivity index (χ4n) is 3.09. The van der Waals surface area contributed by atoms with Gasteiger partial charge in [-0.05, 0) is 37.5 Å². The highest BCUT2D eigenvalue weighted by atomic mass is 16.1. The number of benzene rings is 2. The van der Waals surface area contributed by atoms with Gasteiger partial charge in [0.2, 0.25) is 5.91 Å². The van der Waals surface area contributed by atoms with E-state index in [0.29, 0.717) is 12.8 Å². The molecule has 0 aliphatic carbocycles. The van der Waals surface area contributed by atoms with Crippen LogP contribution in [0.15, 0.2) is 54.6 Å². The number of hydrogen-bond acceptors (Lipinski definition) is 2. The molecular formula is C21H23N3O. The number of anilines is 1. The first-order valence-electron chi connectivity index (χ1n) is 8.49. The Morgan fingerprint density at radius 3 is 2.40 bits per heavy atom. The van der Waals surface area contributed by atoms with Crippen LogP contribution < -0.4 is 5.32 Å². The maximum atomic E-state index is 12.5. The van der Waals surface area contributed by atoms with Crippen molar-refractivity contribution in [3.05, 3.63) is 71.5 Å². The Kier molecular flexibility index (Phi) is 4.98. The van der Waals surface area contributed by atoms with Crippen molar-refractivity contribution in [3.8, 4) is 11.1 Å². The molecule has 3 rings (SSSR count). The molecule has 128 valence electrons. The molecule has 0 saturated heterocycles. The van der Waals surface area contributed by atoms with Gasteiger partial charge in [0, 0.05) is 30.4 Å². The van der Waals surface area contributed by atoms with E-state index in [1.807, 2.05) is 80.2 Å². The van der Waals surface area contributed by atoms with E-state index in [-0.39, 0.29) is 5.91 Å². The molecule has 1 aromatic heterocycles. The lowest BCUT2D eigenvalue weighted by Gasteiger charge is -2.11. The van der Waals surface area contributed by atoms with E-state index in [4.69, 9.17) is 0 Å². The summed E-state index contributed by atoms with van der Waals surface area (Å²) in [5.74, 6) is 0.0195. The second-order valence-electron chi connectivity index (χ2n) is 6.23. The van der Waals surface area contributed by atoms with E-state index in [1.165, 1.54) is 0 Å². The summed E-state index contributed by atoms with van der Waals surface area (Å²) in [6.07, 6.45) is 1.14. The molecule has 0 saturated carbocycles.